The molecule has 4 fully saturated rings. The van der Waals surface area contributed by atoms with E-state index >= 15 is 0 Å². The maximum atomic E-state index is 14.1. The van der Waals surface area contributed by atoms with Crippen molar-refractivity contribution in [1.29, 1.82) is 0 Å². The van der Waals surface area contributed by atoms with Gasteiger partial charge in [-0.05, 0) is 50.4 Å². The number of hydrogen-bond acceptors (Lipinski definition) is 0. The van der Waals surface area contributed by atoms with Gasteiger partial charge in [-0.2, -0.15) is 0 Å². The SMILES string of the molecule is FC12CC3CC(C1)CC(I)(C3)C2. The zero-order valence-electron chi connectivity index (χ0n) is 7.15. The first kappa shape index (κ1) is 8.01. The van der Waals surface area contributed by atoms with E-state index in [1.807, 2.05) is 0 Å². The van der Waals surface area contributed by atoms with Crippen LogP contribution in [-0.4, -0.2) is 9.09 Å². The normalized spacial score (nSPS) is 62.5. The molecule has 4 bridgehead atoms. The van der Waals surface area contributed by atoms with Crippen LogP contribution in [0.3, 0.4) is 0 Å². The van der Waals surface area contributed by atoms with E-state index in [2.05, 4.69) is 22.6 Å². The second kappa shape index (κ2) is 2.18. The first-order valence-corrected chi connectivity index (χ1v) is 6.03. The molecule has 0 spiro atoms. The third-order valence-electron chi connectivity index (χ3n) is 3.92. The van der Waals surface area contributed by atoms with E-state index < -0.39 is 5.67 Å². The summed E-state index contributed by atoms with van der Waals surface area (Å²) in [6.07, 6.45) is 6.55. The van der Waals surface area contributed by atoms with Crippen molar-refractivity contribution < 1.29 is 4.39 Å². The number of hydrogen-bond donors (Lipinski definition) is 0. The lowest BCUT2D eigenvalue weighted by Gasteiger charge is -2.57. The van der Waals surface area contributed by atoms with Gasteiger partial charge >= 0.3 is 0 Å². The first-order valence-electron chi connectivity index (χ1n) is 4.95. The molecule has 2 atom stereocenters. The topological polar surface area (TPSA) is 0 Å². The molecule has 68 valence electrons. The summed E-state index contributed by atoms with van der Waals surface area (Å²) >= 11 is 2.54. The van der Waals surface area contributed by atoms with Crippen LogP contribution in [0.2, 0.25) is 0 Å². The van der Waals surface area contributed by atoms with Crippen molar-refractivity contribution in [1.82, 2.24) is 0 Å². The highest BCUT2D eigenvalue weighted by molar-refractivity contribution is 14.1. The molecular weight excluding hydrogens is 266 g/mol. The van der Waals surface area contributed by atoms with Crippen LogP contribution in [0.15, 0.2) is 0 Å². The highest BCUT2D eigenvalue weighted by Crippen LogP contribution is 2.62. The van der Waals surface area contributed by atoms with Gasteiger partial charge in [0.05, 0.1) is 0 Å². The van der Waals surface area contributed by atoms with Gasteiger partial charge in [-0.25, -0.2) is 4.39 Å². The Kier molecular flexibility index (Phi) is 1.45. The van der Waals surface area contributed by atoms with E-state index in [0.717, 1.165) is 31.1 Å². The molecule has 0 aliphatic heterocycles. The molecular formula is C10H14FI. The minimum absolute atomic E-state index is 0.358. The second-order valence-electron chi connectivity index (χ2n) is 5.26. The molecule has 0 heterocycles. The third-order valence-corrected chi connectivity index (χ3v) is 5.18. The summed E-state index contributed by atoms with van der Waals surface area (Å²) in [5, 5.41) is 0. The monoisotopic (exact) mass is 280 g/mol. The highest BCUT2D eigenvalue weighted by Gasteiger charge is 2.57. The summed E-state index contributed by atoms with van der Waals surface area (Å²) in [5.74, 6) is 1.46. The lowest BCUT2D eigenvalue weighted by atomic mass is 9.55. The van der Waals surface area contributed by atoms with Crippen LogP contribution in [0.1, 0.15) is 38.5 Å². The molecule has 4 aliphatic rings. The summed E-state index contributed by atoms with van der Waals surface area (Å²) < 4.78 is 14.5. The molecule has 4 saturated carbocycles. The van der Waals surface area contributed by atoms with Gasteiger partial charge in [0.25, 0.3) is 0 Å². The minimum Gasteiger partial charge on any atom is -0.244 e. The first-order chi connectivity index (χ1) is 5.57. The molecule has 2 heteroatoms. The molecule has 2 unspecified atom stereocenters. The Morgan fingerprint density at radius 1 is 1.08 bits per heavy atom. The van der Waals surface area contributed by atoms with E-state index in [4.69, 9.17) is 0 Å². The van der Waals surface area contributed by atoms with Crippen molar-refractivity contribution in [3.05, 3.63) is 0 Å². The van der Waals surface area contributed by atoms with Crippen LogP contribution in [-0.2, 0) is 0 Å². The molecule has 0 nitrogen and oxygen atoms in total. The standard InChI is InChI=1S/C10H14FI/c11-9-2-7-1-8(3-9)5-10(12,4-7)6-9/h7-8H,1-6H2. The number of rotatable bonds is 0. The fourth-order valence-electron chi connectivity index (χ4n) is 4.04. The third kappa shape index (κ3) is 1.06. The van der Waals surface area contributed by atoms with Crippen LogP contribution in [0.4, 0.5) is 4.39 Å². The van der Waals surface area contributed by atoms with Crippen LogP contribution >= 0.6 is 22.6 Å². The predicted molar refractivity (Wildman–Crippen MR) is 55.3 cm³/mol. The zero-order chi connectivity index (χ0) is 8.40. The van der Waals surface area contributed by atoms with E-state index in [-0.39, 0.29) is 0 Å². The summed E-state index contributed by atoms with van der Waals surface area (Å²) in [7, 11) is 0. The molecule has 0 amide bonds. The van der Waals surface area contributed by atoms with Crippen molar-refractivity contribution in [2.75, 3.05) is 0 Å². The average Bonchev–Trinajstić information content (AvgIpc) is 1.75. The Balaban J connectivity index is 1.98. The molecule has 4 aliphatic carbocycles. The van der Waals surface area contributed by atoms with E-state index in [9.17, 15) is 4.39 Å². The zero-order valence-corrected chi connectivity index (χ0v) is 9.31. The predicted octanol–water partition coefficient (Wildman–Crippen LogP) is 3.48. The van der Waals surface area contributed by atoms with Crippen LogP contribution in [0, 0.1) is 11.8 Å². The van der Waals surface area contributed by atoms with E-state index in [1.165, 1.54) is 19.3 Å². The summed E-state index contributed by atoms with van der Waals surface area (Å²) in [6.45, 7) is 0. The quantitative estimate of drug-likeness (QED) is 0.470. The summed E-state index contributed by atoms with van der Waals surface area (Å²) in [6, 6.07) is 0. The number of alkyl halides is 2. The molecule has 4 rings (SSSR count). The molecule has 0 aromatic rings. The Morgan fingerprint density at radius 2 is 1.67 bits per heavy atom. The Morgan fingerprint density at radius 3 is 2.08 bits per heavy atom. The number of halogens is 2. The molecule has 0 N–H and O–H groups in total. The van der Waals surface area contributed by atoms with Gasteiger partial charge < -0.3 is 0 Å². The van der Waals surface area contributed by atoms with E-state index in [0.29, 0.717) is 3.42 Å². The van der Waals surface area contributed by atoms with Crippen molar-refractivity contribution in [3.63, 3.8) is 0 Å². The Labute approximate surface area is 86.4 Å². The van der Waals surface area contributed by atoms with Gasteiger partial charge in [-0.3, -0.25) is 0 Å². The fraction of sp³-hybridized carbons (Fsp3) is 1.00. The van der Waals surface area contributed by atoms with Crippen molar-refractivity contribution in [3.8, 4) is 0 Å². The van der Waals surface area contributed by atoms with Crippen molar-refractivity contribution in [2.45, 2.75) is 47.6 Å². The van der Waals surface area contributed by atoms with Crippen molar-refractivity contribution in [2.24, 2.45) is 11.8 Å². The van der Waals surface area contributed by atoms with Gasteiger partial charge in [0.15, 0.2) is 0 Å². The minimum atomic E-state index is -0.745. The van der Waals surface area contributed by atoms with E-state index in [1.54, 1.807) is 0 Å². The second-order valence-corrected chi connectivity index (χ2v) is 7.55. The van der Waals surface area contributed by atoms with Gasteiger partial charge in [-0.15, -0.1) is 0 Å². The van der Waals surface area contributed by atoms with Crippen LogP contribution < -0.4 is 0 Å². The molecule has 12 heavy (non-hydrogen) atoms. The summed E-state index contributed by atoms with van der Waals surface area (Å²) in [4.78, 5) is 0. The highest BCUT2D eigenvalue weighted by atomic mass is 127. The van der Waals surface area contributed by atoms with Gasteiger partial charge in [0.1, 0.15) is 5.67 Å². The summed E-state index contributed by atoms with van der Waals surface area (Å²) in [5.41, 5.74) is -0.745. The molecule has 0 aromatic heterocycles. The molecule has 0 aromatic carbocycles. The van der Waals surface area contributed by atoms with Gasteiger partial charge in [-0.1, -0.05) is 22.6 Å². The van der Waals surface area contributed by atoms with Gasteiger partial charge in [0.2, 0.25) is 0 Å². The molecule has 0 saturated heterocycles. The van der Waals surface area contributed by atoms with Crippen LogP contribution in [0.5, 0.6) is 0 Å². The Hall–Kier alpha value is 0.660. The van der Waals surface area contributed by atoms with Gasteiger partial charge in [0, 0.05) is 3.42 Å². The fourth-order valence-corrected chi connectivity index (χ4v) is 5.97. The lowest BCUT2D eigenvalue weighted by Crippen LogP contribution is -2.54. The smallest absolute Gasteiger partial charge is 0.112 e. The maximum absolute atomic E-state index is 14.1. The average molecular weight is 280 g/mol. The molecule has 0 radical (unpaired) electrons. The van der Waals surface area contributed by atoms with Crippen LogP contribution in [0.25, 0.3) is 0 Å². The Bertz CT molecular complexity index is 192. The van der Waals surface area contributed by atoms with Crippen molar-refractivity contribution >= 4 is 22.6 Å². The largest absolute Gasteiger partial charge is 0.244 e. The maximum Gasteiger partial charge on any atom is 0.112 e. The lowest BCUT2D eigenvalue weighted by molar-refractivity contribution is -0.0546.